The zero-order chi connectivity index (χ0) is 14.0. The third kappa shape index (κ3) is 2.76. The fourth-order valence-electron chi connectivity index (χ4n) is 2.30. The lowest BCUT2D eigenvalue weighted by Crippen LogP contribution is -2.06. The van der Waals surface area contributed by atoms with Gasteiger partial charge in [0.2, 0.25) is 0 Å². The second-order valence-corrected chi connectivity index (χ2v) is 4.68. The molecule has 0 radical (unpaired) electrons. The predicted octanol–water partition coefficient (Wildman–Crippen LogP) is 3.53. The first-order chi connectivity index (χ1) is 9.02. The van der Waals surface area contributed by atoms with Crippen molar-refractivity contribution >= 4 is 0 Å². The molecule has 0 amide bonds. The highest BCUT2D eigenvalue weighted by atomic mass is 19.1. The van der Waals surface area contributed by atoms with Crippen LogP contribution >= 0.6 is 0 Å². The van der Waals surface area contributed by atoms with Gasteiger partial charge in [0.15, 0.2) is 0 Å². The van der Waals surface area contributed by atoms with Crippen molar-refractivity contribution in [2.24, 2.45) is 0 Å². The third-order valence-corrected chi connectivity index (χ3v) is 3.07. The van der Waals surface area contributed by atoms with Gasteiger partial charge in [0, 0.05) is 0 Å². The molecule has 0 saturated heterocycles. The quantitative estimate of drug-likeness (QED) is 0.914. The number of aliphatic hydroxyl groups excluding tert-OH is 1. The summed E-state index contributed by atoms with van der Waals surface area (Å²) in [5.74, 6) is -0.113. The first-order valence-corrected chi connectivity index (χ1v) is 6.11. The highest BCUT2D eigenvalue weighted by Crippen LogP contribution is 2.32. The molecule has 2 rings (SSSR count). The van der Waals surface area contributed by atoms with Crippen molar-refractivity contribution in [3.63, 3.8) is 0 Å². The van der Waals surface area contributed by atoms with Crippen LogP contribution in [0.15, 0.2) is 36.4 Å². The van der Waals surface area contributed by atoms with Crippen LogP contribution in [0.25, 0.3) is 0 Å². The summed E-state index contributed by atoms with van der Waals surface area (Å²) in [4.78, 5) is 0. The maximum Gasteiger partial charge on any atom is 0.133 e. The lowest BCUT2D eigenvalue weighted by Gasteiger charge is -2.17. The van der Waals surface area contributed by atoms with E-state index in [0.29, 0.717) is 11.3 Å². The van der Waals surface area contributed by atoms with Gasteiger partial charge in [-0.05, 0) is 31.5 Å². The fourth-order valence-corrected chi connectivity index (χ4v) is 2.30. The van der Waals surface area contributed by atoms with Crippen LogP contribution in [0.3, 0.4) is 0 Å². The van der Waals surface area contributed by atoms with E-state index in [2.05, 4.69) is 0 Å². The standard InChI is InChI=1S/C16H17FO2/c1-10-7-11(2)9-12(8-10)16(18)15-13(17)5-4-6-14(15)19-3/h4-9,16,18H,1-3H3. The molecule has 2 aromatic carbocycles. The molecule has 0 heterocycles. The molecule has 0 aliphatic carbocycles. The highest BCUT2D eigenvalue weighted by Gasteiger charge is 2.20. The minimum absolute atomic E-state index is 0.176. The Labute approximate surface area is 112 Å². The molecule has 0 aliphatic rings. The van der Waals surface area contributed by atoms with E-state index in [-0.39, 0.29) is 5.56 Å². The van der Waals surface area contributed by atoms with Crippen molar-refractivity contribution in [1.29, 1.82) is 0 Å². The summed E-state index contributed by atoms with van der Waals surface area (Å²) in [6.07, 6.45) is -1.03. The number of ether oxygens (including phenoxy) is 1. The summed E-state index contributed by atoms with van der Waals surface area (Å²) >= 11 is 0. The smallest absolute Gasteiger partial charge is 0.133 e. The number of rotatable bonds is 3. The number of hydrogen-bond acceptors (Lipinski definition) is 2. The van der Waals surface area contributed by atoms with Gasteiger partial charge in [-0.25, -0.2) is 4.39 Å². The van der Waals surface area contributed by atoms with Gasteiger partial charge in [0.1, 0.15) is 17.7 Å². The number of halogens is 1. The van der Waals surface area contributed by atoms with Gasteiger partial charge in [-0.2, -0.15) is 0 Å². The third-order valence-electron chi connectivity index (χ3n) is 3.07. The van der Waals surface area contributed by atoms with E-state index < -0.39 is 11.9 Å². The van der Waals surface area contributed by atoms with Crippen LogP contribution in [-0.4, -0.2) is 12.2 Å². The molecule has 19 heavy (non-hydrogen) atoms. The molecule has 1 N–H and O–H groups in total. The Bertz CT molecular complexity index is 573. The van der Waals surface area contributed by atoms with Gasteiger partial charge in [-0.3, -0.25) is 0 Å². The number of hydrogen-bond donors (Lipinski definition) is 1. The highest BCUT2D eigenvalue weighted by molar-refractivity contribution is 5.43. The molecule has 2 nitrogen and oxygen atoms in total. The maximum atomic E-state index is 13.9. The van der Waals surface area contributed by atoms with Crippen LogP contribution in [0.4, 0.5) is 4.39 Å². The summed E-state index contributed by atoms with van der Waals surface area (Å²) in [5.41, 5.74) is 2.91. The SMILES string of the molecule is COc1cccc(F)c1C(O)c1cc(C)cc(C)c1. The Balaban J connectivity index is 2.52. The van der Waals surface area contributed by atoms with E-state index in [1.807, 2.05) is 32.0 Å². The van der Waals surface area contributed by atoms with Gasteiger partial charge in [-0.1, -0.05) is 35.4 Å². The number of methoxy groups -OCH3 is 1. The minimum atomic E-state index is -1.03. The van der Waals surface area contributed by atoms with Crippen molar-refractivity contribution < 1.29 is 14.2 Å². The van der Waals surface area contributed by atoms with E-state index in [1.54, 1.807) is 12.1 Å². The van der Waals surface area contributed by atoms with Crippen LogP contribution in [0.2, 0.25) is 0 Å². The Morgan fingerprint density at radius 1 is 1.11 bits per heavy atom. The van der Waals surface area contributed by atoms with E-state index in [9.17, 15) is 9.50 Å². The van der Waals surface area contributed by atoms with Gasteiger partial charge in [-0.15, -0.1) is 0 Å². The van der Waals surface area contributed by atoms with E-state index in [0.717, 1.165) is 11.1 Å². The molecule has 100 valence electrons. The Kier molecular flexibility index (Phi) is 3.86. The average Bonchev–Trinajstić information content (AvgIpc) is 2.36. The summed E-state index contributed by atoms with van der Waals surface area (Å²) in [7, 11) is 1.46. The Morgan fingerprint density at radius 2 is 1.74 bits per heavy atom. The average molecular weight is 260 g/mol. The molecular weight excluding hydrogens is 243 g/mol. The van der Waals surface area contributed by atoms with Crippen molar-refractivity contribution in [2.45, 2.75) is 20.0 Å². The van der Waals surface area contributed by atoms with Crippen molar-refractivity contribution in [2.75, 3.05) is 7.11 Å². The second-order valence-electron chi connectivity index (χ2n) is 4.68. The monoisotopic (exact) mass is 260 g/mol. The van der Waals surface area contributed by atoms with Crippen LogP contribution in [-0.2, 0) is 0 Å². The van der Waals surface area contributed by atoms with Crippen molar-refractivity contribution in [3.05, 3.63) is 64.5 Å². The lowest BCUT2D eigenvalue weighted by atomic mass is 9.97. The summed E-state index contributed by atoms with van der Waals surface area (Å²) in [6.45, 7) is 3.89. The molecule has 3 heteroatoms. The van der Waals surface area contributed by atoms with Crippen molar-refractivity contribution in [1.82, 2.24) is 0 Å². The first-order valence-electron chi connectivity index (χ1n) is 6.11. The predicted molar refractivity (Wildman–Crippen MR) is 72.9 cm³/mol. The molecule has 0 aromatic heterocycles. The number of aryl methyl sites for hydroxylation is 2. The molecule has 0 saturated carbocycles. The molecular formula is C16H17FO2. The largest absolute Gasteiger partial charge is 0.496 e. The van der Waals surface area contributed by atoms with Crippen LogP contribution in [0.1, 0.15) is 28.4 Å². The van der Waals surface area contributed by atoms with E-state index in [4.69, 9.17) is 4.74 Å². The summed E-state index contributed by atoms with van der Waals surface area (Å²) < 4.78 is 19.1. The molecule has 0 fully saturated rings. The summed E-state index contributed by atoms with van der Waals surface area (Å²) in [5, 5.41) is 10.4. The molecule has 0 bridgehead atoms. The van der Waals surface area contributed by atoms with Crippen LogP contribution < -0.4 is 4.74 Å². The topological polar surface area (TPSA) is 29.5 Å². The normalized spacial score (nSPS) is 12.3. The first kappa shape index (κ1) is 13.6. The molecule has 1 unspecified atom stereocenters. The zero-order valence-corrected chi connectivity index (χ0v) is 11.3. The van der Waals surface area contributed by atoms with E-state index >= 15 is 0 Å². The van der Waals surface area contributed by atoms with Crippen molar-refractivity contribution in [3.8, 4) is 5.75 Å². The van der Waals surface area contributed by atoms with Crippen LogP contribution in [0, 0.1) is 19.7 Å². The zero-order valence-electron chi connectivity index (χ0n) is 11.3. The molecule has 2 aromatic rings. The van der Waals surface area contributed by atoms with Crippen LogP contribution in [0.5, 0.6) is 5.75 Å². The minimum Gasteiger partial charge on any atom is -0.496 e. The lowest BCUT2D eigenvalue weighted by molar-refractivity contribution is 0.209. The Hall–Kier alpha value is -1.87. The van der Waals surface area contributed by atoms with Gasteiger partial charge in [0.25, 0.3) is 0 Å². The van der Waals surface area contributed by atoms with Gasteiger partial charge < -0.3 is 9.84 Å². The Morgan fingerprint density at radius 3 is 2.32 bits per heavy atom. The van der Waals surface area contributed by atoms with Gasteiger partial charge in [0.05, 0.1) is 12.7 Å². The van der Waals surface area contributed by atoms with E-state index in [1.165, 1.54) is 13.2 Å². The second kappa shape index (κ2) is 5.41. The number of aliphatic hydroxyl groups is 1. The molecule has 0 spiro atoms. The maximum absolute atomic E-state index is 13.9. The fraction of sp³-hybridized carbons (Fsp3) is 0.250. The van der Waals surface area contributed by atoms with Gasteiger partial charge >= 0.3 is 0 Å². The molecule has 1 atom stereocenters. The molecule has 0 aliphatic heterocycles. The summed E-state index contributed by atoms with van der Waals surface area (Å²) in [6, 6.07) is 10.2. The number of benzene rings is 2.